The Kier molecular flexibility index (Phi) is 9.41. The normalized spacial score (nSPS) is 21.3. The number of ether oxygens (including phenoxy) is 1. The third kappa shape index (κ3) is 7.49. The fourth-order valence-corrected chi connectivity index (χ4v) is 4.42. The third-order valence-electron chi connectivity index (χ3n) is 6.67. The molecule has 2 N–H and O–H groups in total. The van der Waals surface area contributed by atoms with Crippen LogP contribution >= 0.6 is 0 Å². The highest BCUT2D eigenvalue weighted by Gasteiger charge is 2.41. The number of hydrogen-bond acceptors (Lipinski definition) is 6. The molecule has 1 amide bonds. The minimum atomic E-state index is -4.08. The van der Waals surface area contributed by atoms with Gasteiger partial charge in [-0.05, 0) is 64.7 Å². The SMILES string of the molecule is CN1CCC(C(=O)NC2CCC(C(F)(F)F)CC2)CC1.COc1cc(-c2cc(C=O)[nH]n2)c(F)cn1. The number of methoxy groups -OCH3 is 1. The summed E-state index contributed by atoms with van der Waals surface area (Å²) in [4.78, 5) is 28.5. The highest BCUT2D eigenvalue weighted by molar-refractivity contribution is 5.79. The Hall–Kier alpha value is -3.02. The number of amides is 1. The summed E-state index contributed by atoms with van der Waals surface area (Å²) in [6, 6.07) is 2.80. The van der Waals surface area contributed by atoms with Crippen molar-refractivity contribution in [3.05, 3.63) is 29.8 Å². The number of piperidine rings is 1. The lowest BCUT2D eigenvalue weighted by atomic mass is 9.85. The monoisotopic (exact) mass is 513 g/mol. The summed E-state index contributed by atoms with van der Waals surface area (Å²) in [5.41, 5.74) is 0.849. The fourth-order valence-electron chi connectivity index (χ4n) is 4.42. The number of aromatic amines is 1. The molecule has 12 heteroatoms. The average molecular weight is 514 g/mol. The number of alkyl halides is 3. The Morgan fingerprint density at radius 3 is 2.39 bits per heavy atom. The number of aromatic nitrogens is 3. The van der Waals surface area contributed by atoms with Gasteiger partial charge in [0.15, 0.2) is 12.1 Å². The van der Waals surface area contributed by atoms with E-state index in [4.69, 9.17) is 4.74 Å². The number of H-pyrrole nitrogens is 1. The lowest BCUT2D eigenvalue weighted by Gasteiger charge is -2.33. The predicted octanol–water partition coefficient (Wildman–Crippen LogP) is 4.00. The van der Waals surface area contributed by atoms with E-state index in [1.54, 1.807) is 0 Å². The molecule has 2 aliphatic rings. The standard InChI is InChI=1S/C14H23F3N2O.C10H8FN3O2/c1-19-8-6-10(7-9-19)13(20)18-12-4-2-11(3-5-12)14(15,16)17;1-16-10-3-7(8(11)4-12-10)9-2-6(5-15)13-14-9/h10-12H,2-9H2,1H3,(H,18,20);2-5H,1H3,(H,13,14). The van der Waals surface area contributed by atoms with Gasteiger partial charge in [-0.1, -0.05) is 0 Å². The van der Waals surface area contributed by atoms with Crippen molar-refractivity contribution < 1.29 is 31.9 Å². The molecule has 1 aliphatic heterocycles. The van der Waals surface area contributed by atoms with Gasteiger partial charge >= 0.3 is 6.18 Å². The maximum Gasteiger partial charge on any atom is 0.391 e. The van der Waals surface area contributed by atoms with E-state index in [0.29, 0.717) is 24.8 Å². The molecule has 1 aliphatic carbocycles. The van der Waals surface area contributed by atoms with E-state index < -0.39 is 17.9 Å². The smallest absolute Gasteiger partial charge is 0.391 e. The first-order valence-corrected chi connectivity index (χ1v) is 11.9. The van der Waals surface area contributed by atoms with E-state index in [0.717, 1.165) is 32.1 Å². The highest BCUT2D eigenvalue weighted by Crippen LogP contribution is 2.37. The largest absolute Gasteiger partial charge is 0.481 e. The molecule has 0 radical (unpaired) electrons. The van der Waals surface area contributed by atoms with Gasteiger partial charge in [-0.2, -0.15) is 18.3 Å². The van der Waals surface area contributed by atoms with Gasteiger partial charge in [-0.15, -0.1) is 0 Å². The quantitative estimate of drug-likeness (QED) is 0.463. The summed E-state index contributed by atoms with van der Waals surface area (Å²) < 4.78 is 56.0. The number of aldehydes is 1. The number of carbonyl (C=O) groups excluding carboxylic acids is 2. The van der Waals surface area contributed by atoms with Gasteiger partial charge in [0.25, 0.3) is 0 Å². The van der Waals surface area contributed by atoms with E-state index in [2.05, 4.69) is 25.4 Å². The van der Waals surface area contributed by atoms with Gasteiger partial charge in [-0.25, -0.2) is 9.37 Å². The number of carbonyl (C=O) groups is 2. The molecule has 0 spiro atoms. The topological polar surface area (TPSA) is 100 Å². The van der Waals surface area contributed by atoms with Gasteiger partial charge in [0.2, 0.25) is 11.8 Å². The number of pyridine rings is 1. The summed E-state index contributed by atoms with van der Waals surface area (Å²) in [6.45, 7) is 1.83. The van der Waals surface area contributed by atoms with Gasteiger partial charge < -0.3 is 15.0 Å². The maximum absolute atomic E-state index is 13.4. The molecule has 2 aromatic heterocycles. The molecule has 1 saturated carbocycles. The molecular formula is C24H31F4N5O3. The van der Waals surface area contributed by atoms with Crippen molar-refractivity contribution in [2.24, 2.45) is 11.8 Å². The first-order chi connectivity index (χ1) is 17.1. The Morgan fingerprint density at radius 2 is 1.83 bits per heavy atom. The van der Waals surface area contributed by atoms with Crippen LogP contribution in [0.1, 0.15) is 49.0 Å². The van der Waals surface area contributed by atoms with Crippen molar-refractivity contribution in [1.29, 1.82) is 0 Å². The summed E-state index contributed by atoms with van der Waals surface area (Å²) in [5, 5.41) is 9.24. The number of rotatable bonds is 5. The van der Waals surface area contributed by atoms with E-state index >= 15 is 0 Å². The van der Waals surface area contributed by atoms with E-state index in [9.17, 15) is 27.2 Å². The van der Waals surface area contributed by atoms with Crippen LogP contribution in [0.4, 0.5) is 17.6 Å². The average Bonchev–Trinajstić information content (AvgIpc) is 3.34. The molecule has 0 bridgehead atoms. The minimum absolute atomic E-state index is 0.0338. The minimum Gasteiger partial charge on any atom is -0.481 e. The fraction of sp³-hybridized carbons (Fsp3) is 0.583. The molecular weight excluding hydrogens is 482 g/mol. The molecule has 36 heavy (non-hydrogen) atoms. The second-order valence-corrected chi connectivity index (χ2v) is 9.21. The Morgan fingerprint density at radius 1 is 1.17 bits per heavy atom. The van der Waals surface area contributed by atoms with E-state index in [-0.39, 0.29) is 47.8 Å². The molecule has 2 fully saturated rings. The van der Waals surface area contributed by atoms with Crippen molar-refractivity contribution in [3.8, 4) is 17.1 Å². The number of nitrogens with zero attached hydrogens (tertiary/aromatic N) is 3. The first kappa shape index (κ1) is 27.6. The maximum atomic E-state index is 13.4. The van der Waals surface area contributed by atoms with Crippen LogP contribution < -0.4 is 10.1 Å². The molecule has 198 valence electrons. The second-order valence-electron chi connectivity index (χ2n) is 9.21. The zero-order chi connectivity index (χ0) is 26.3. The molecule has 0 aromatic carbocycles. The summed E-state index contributed by atoms with van der Waals surface area (Å²) in [6.07, 6.45) is 0.439. The summed E-state index contributed by atoms with van der Waals surface area (Å²) in [5.74, 6) is -1.35. The Labute approximate surface area is 206 Å². The number of halogens is 4. The lowest BCUT2D eigenvalue weighted by molar-refractivity contribution is -0.182. The predicted molar refractivity (Wildman–Crippen MR) is 124 cm³/mol. The molecule has 0 atom stereocenters. The van der Waals surface area contributed by atoms with Crippen LogP contribution in [0.15, 0.2) is 18.3 Å². The number of likely N-dealkylation sites (tertiary alicyclic amines) is 1. The van der Waals surface area contributed by atoms with E-state index in [1.165, 1.54) is 19.2 Å². The van der Waals surface area contributed by atoms with Gasteiger partial charge in [-0.3, -0.25) is 14.7 Å². The zero-order valence-electron chi connectivity index (χ0n) is 20.3. The molecule has 4 rings (SSSR count). The van der Waals surface area contributed by atoms with Crippen molar-refractivity contribution in [2.75, 3.05) is 27.2 Å². The molecule has 8 nitrogen and oxygen atoms in total. The van der Waals surface area contributed by atoms with Crippen molar-refractivity contribution >= 4 is 12.2 Å². The summed E-state index contributed by atoms with van der Waals surface area (Å²) >= 11 is 0. The van der Waals surface area contributed by atoms with Gasteiger partial charge in [0, 0.05) is 23.6 Å². The van der Waals surface area contributed by atoms with Crippen LogP contribution in [0.2, 0.25) is 0 Å². The molecule has 1 saturated heterocycles. The van der Waals surface area contributed by atoms with Crippen LogP contribution in [-0.4, -0.2) is 71.7 Å². The molecule has 3 heterocycles. The highest BCUT2D eigenvalue weighted by atomic mass is 19.4. The van der Waals surface area contributed by atoms with Crippen molar-refractivity contribution in [2.45, 2.75) is 50.7 Å². The Balaban J connectivity index is 0.000000205. The third-order valence-corrected chi connectivity index (χ3v) is 6.67. The second kappa shape index (κ2) is 12.3. The first-order valence-electron chi connectivity index (χ1n) is 11.9. The lowest BCUT2D eigenvalue weighted by Crippen LogP contribution is -2.45. The van der Waals surface area contributed by atoms with Crippen molar-refractivity contribution in [1.82, 2.24) is 25.4 Å². The van der Waals surface area contributed by atoms with Crippen LogP contribution in [0.25, 0.3) is 11.3 Å². The number of hydrogen-bond donors (Lipinski definition) is 2. The Bertz CT molecular complexity index is 1010. The van der Waals surface area contributed by atoms with Crippen LogP contribution in [0.5, 0.6) is 5.88 Å². The van der Waals surface area contributed by atoms with Crippen LogP contribution in [0.3, 0.4) is 0 Å². The molecule has 0 unspecified atom stereocenters. The van der Waals surface area contributed by atoms with Crippen LogP contribution in [0, 0.1) is 17.7 Å². The van der Waals surface area contributed by atoms with E-state index in [1.807, 2.05) is 7.05 Å². The zero-order valence-corrected chi connectivity index (χ0v) is 20.3. The summed E-state index contributed by atoms with van der Waals surface area (Å²) in [7, 11) is 3.47. The van der Waals surface area contributed by atoms with Crippen molar-refractivity contribution in [3.63, 3.8) is 0 Å². The van der Waals surface area contributed by atoms with Gasteiger partial charge in [0.05, 0.1) is 30.6 Å². The van der Waals surface area contributed by atoms with Gasteiger partial charge in [0.1, 0.15) is 0 Å². The molecule has 2 aromatic rings. The van der Waals surface area contributed by atoms with Crippen LogP contribution in [-0.2, 0) is 4.79 Å². The number of nitrogens with one attached hydrogen (secondary N) is 2.